The molecule has 1 atom stereocenters. The van der Waals surface area contributed by atoms with E-state index in [4.69, 9.17) is 9.47 Å². The zero-order valence-corrected chi connectivity index (χ0v) is 13.9. The number of amides is 1. The Morgan fingerprint density at radius 2 is 2.08 bits per heavy atom. The topological polar surface area (TPSA) is 51.7 Å². The summed E-state index contributed by atoms with van der Waals surface area (Å²) >= 11 is 0. The summed E-state index contributed by atoms with van der Waals surface area (Å²) in [5, 5.41) is 0. The molecule has 24 heavy (non-hydrogen) atoms. The summed E-state index contributed by atoms with van der Waals surface area (Å²) in [6.07, 6.45) is 4.90. The van der Waals surface area contributed by atoms with Crippen molar-refractivity contribution in [1.82, 2.24) is 9.88 Å². The Hall–Kier alpha value is -2.56. The number of rotatable bonds is 6. The van der Waals surface area contributed by atoms with Gasteiger partial charge in [0.1, 0.15) is 6.61 Å². The third kappa shape index (κ3) is 3.85. The van der Waals surface area contributed by atoms with Crippen molar-refractivity contribution in [3.05, 3.63) is 54.4 Å². The minimum absolute atomic E-state index is 0.0400. The van der Waals surface area contributed by atoms with E-state index in [1.54, 1.807) is 12.4 Å². The number of ether oxygens (including phenoxy) is 2. The highest BCUT2D eigenvalue weighted by Crippen LogP contribution is 2.31. The van der Waals surface area contributed by atoms with Crippen molar-refractivity contribution in [3.63, 3.8) is 0 Å². The number of carbonyl (C=O) groups excluding carboxylic acids is 1. The van der Waals surface area contributed by atoms with Gasteiger partial charge in [0, 0.05) is 25.5 Å². The van der Waals surface area contributed by atoms with Crippen LogP contribution < -0.4 is 9.47 Å². The van der Waals surface area contributed by atoms with Gasteiger partial charge in [-0.2, -0.15) is 0 Å². The van der Waals surface area contributed by atoms with E-state index in [1.165, 1.54) is 0 Å². The standard InChI is InChI=1S/C19H22N2O3/c1-2-3-11-21(13-15-7-6-10-20-12-15)19(22)18-14-23-16-8-4-5-9-17(16)24-18/h4-10,12,18H,2-3,11,13-14H2,1H3/t18-/m1/s1. The molecule has 0 fully saturated rings. The summed E-state index contributed by atoms with van der Waals surface area (Å²) in [6, 6.07) is 11.3. The molecule has 1 amide bonds. The van der Waals surface area contributed by atoms with Gasteiger partial charge in [-0.15, -0.1) is 0 Å². The monoisotopic (exact) mass is 326 g/mol. The Labute approximate surface area is 142 Å². The molecule has 5 heteroatoms. The highest BCUT2D eigenvalue weighted by Gasteiger charge is 2.30. The minimum Gasteiger partial charge on any atom is -0.485 e. The van der Waals surface area contributed by atoms with Crippen molar-refractivity contribution >= 4 is 5.91 Å². The van der Waals surface area contributed by atoms with Crippen molar-refractivity contribution in [1.29, 1.82) is 0 Å². The SMILES string of the molecule is CCCCN(Cc1cccnc1)C(=O)[C@H]1COc2ccccc2O1. The molecule has 1 aromatic heterocycles. The molecule has 0 unspecified atom stereocenters. The van der Waals surface area contributed by atoms with Crippen LogP contribution in [-0.4, -0.2) is 35.0 Å². The number of benzene rings is 1. The zero-order chi connectivity index (χ0) is 16.8. The molecule has 2 heterocycles. The summed E-state index contributed by atoms with van der Waals surface area (Å²) < 4.78 is 11.5. The van der Waals surface area contributed by atoms with E-state index in [1.807, 2.05) is 41.3 Å². The quantitative estimate of drug-likeness (QED) is 0.819. The van der Waals surface area contributed by atoms with Gasteiger partial charge >= 0.3 is 0 Å². The van der Waals surface area contributed by atoms with E-state index < -0.39 is 6.10 Å². The number of aromatic nitrogens is 1. The van der Waals surface area contributed by atoms with E-state index in [0.29, 0.717) is 24.6 Å². The molecule has 5 nitrogen and oxygen atoms in total. The molecule has 0 saturated carbocycles. The maximum Gasteiger partial charge on any atom is 0.267 e. The van der Waals surface area contributed by atoms with Crippen molar-refractivity contribution in [2.45, 2.75) is 32.4 Å². The van der Waals surface area contributed by atoms with Crippen LogP contribution in [0.4, 0.5) is 0 Å². The Morgan fingerprint density at radius 3 is 2.83 bits per heavy atom. The Morgan fingerprint density at radius 1 is 1.25 bits per heavy atom. The summed E-state index contributed by atoms with van der Waals surface area (Å²) in [5.74, 6) is 1.27. The first kappa shape index (κ1) is 16.3. The van der Waals surface area contributed by atoms with Gasteiger partial charge in [0.15, 0.2) is 11.5 Å². The van der Waals surface area contributed by atoms with E-state index in [-0.39, 0.29) is 12.5 Å². The molecule has 126 valence electrons. The van der Waals surface area contributed by atoms with Crippen LogP contribution in [-0.2, 0) is 11.3 Å². The predicted octanol–water partition coefficient (Wildman–Crippen LogP) is 3.05. The molecule has 1 aromatic carbocycles. The van der Waals surface area contributed by atoms with Crippen LogP contribution in [0.25, 0.3) is 0 Å². The van der Waals surface area contributed by atoms with Crippen molar-refractivity contribution in [3.8, 4) is 11.5 Å². The van der Waals surface area contributed by atoms with Gasteiger partial charge in [0.2, 0.25) is 6.10 Å². The number of hydrogen-bond acceptors (Lipinski definition) is 4. The van der Waals surface area contributed by atoms with Crippen LogP contribution in [0.3, 0.4) is 0 Å². The minimum atomic E-state index is -0.603. The number of nitrogens with zero attached hydrogens (tertiary/aromatic N) is 2. The lowest BCUT2D eigenvalue weighted by Gasteiger charge is -2.30. The number of fused-ring (bicyclic) bond motifs is 1. The number of unbranched alkanes of at least 4 members (excludes halogenated alkanes) is 1. The van der Waals surface area contributed by atoms with Gasteiger partial charge in [-0.25, -0.2) is 0 Å². The summed E-state index contributed by atoms with van der Waals surface area (Å²) in [6.45, 7) is 3.59. The molecule has 0 spiro atoms. The molecule has 3 rings (SSSR count). The first-order chi connectivity index (χ1) is 11.8. The fourth-order valence-corrected chi connectivity index (χ4v) is 2.67. The fraction of sp³-hybridized carbons (Fsp3) is 0.368. The highest BCUT2D eigenvalue weighted by molar-refractivity contribution is 5.82. The van der Waals surface area contributed by atoms with Crippen LogP contribution >= 0.6 is 0 Å². The van der Waals surface area contributed by atoms with Gasteiger partial charge in [-0.05, 0) is 30.2 Å². The molecule has 0 radical (unpaired) electrons. The van der Waals surface area contributed by atoms with Gasteiger partial charge < -0.3 is 14.4 Å². The Bertz CT molecular complexity index is 675. The second-order valence-corrected chi connectivity index (χ2v) is 5.84. The molecule has 0 aliphatic carbocycles. The molecule has 1 aliphatic heterocycles. The van der Waals surface area contributed by atoms with E-state index >= 15 is 0 Å². The number of pyridine rings is 1. The lowest BCUT2D eigenvalue weighted by Crippen LogP contribution is -2.46. The second kappa shape index (κ2) is 7.81. The first-order valence-electron chi connectivity index (χ1n) is 8.34. The first-order valence-corrected chi connectivity index (χ1v) is 8.34. The van der Waals surface area contributed by atoms with Gasteiger partial charge in [0.25, 0.3) is 5.91 Å². The van der Waals surface area contributed by atoms with E-state index in [0.717, 1.165) is 18.4 Å². The van der Waals surface area contributed by atoms with Gasteiger partial charge in [0.05, 0.1) is 0 Å². The average molecular weight is 326 g/mol. The number of hydrogen-bond donors (Lipinski definition) is 0. The number of para-hydroxylation sites is 2. The van der Waals surface area contributed by atoms with Crippen LogP contribution in [0.5, 0.6) is 11.5 Å². The third-order valence-corrected chi connectivity index (χ3v) is 3.97. The summed E-state index contributed by atoms with van der Waals surface area (Å²) in [7, 11) is 0. The van der Waals surface area contributed by atoms with Crippen LogP contribution in [0.15, 0.2) is 48.8 Å². The highest BCUT2D eigenvalue weighted by atomic mass is 16.6. The summed E-state index contributed by atoms with van der Waals surface area (Å²) in [5.41, 5.74) is 1.01. The van der Waals surface area contributed by atoms with Gasteiger partial charge in [-0.1, -0.05) is 31.5 Å². The van der Waals surface area contributed by atoms with E-state index in [9.17, 15) is 4.79 Å². The Kier molecular flexibility index (Phi) is 5.31. The molecular weight excluding hydrogens is 304 g/mol. The van der Waals surface area contributed by atoms with Crippen LogP contribution in [0.2, 0.25) is 0 Å². The lowest BCUT2D eigenvalue weighted by molar-refractivity contribution is -0.142. The number of carbonyl (C=O) groups is 1. The molecule has 0 saturated heterocycles. The van der Waals surface area contributed by atoms with Crippen LogP contribution in [0, 0.1) is 0 Å². The maximum absolute atomic E-state index is 12.9. The van der Waals surface area contributed by atoms with Crippen molar-refractivity contribution < 1.29 is 14.3 Å². The maximum atomic E-state index is 12.9. The second-order valence-electron chi connectivity index (χ2n) is 5.84. The molecule has 0 N–H and O–H groups in total. The van der Waals surface area contributed by atoms with Crippen molar-refractivity contribution in [2.75, 3.05) is 13.2 Å². The zero-order valence-electron chi connectivity index (χ0n) is 13.9. The normalized spacial score (nSPS) is 15.8. The van der Waals surface area contributed by atoms with Gasteiger partial charge in [-0.3, -0.25) is 9.78 Å². The van der Waals surface area contributed by atoms with Crippen molar-refractivity contribution in [2.24, 2.45) is 0 Å². The average Bonchev–Trinajstić information content (AvgIpc) is 2.65. The lowest BCUT2D eigenvalue weighted by atomic mass is 10.2. The molecular formula is C19H22N2O3. The third-order valence-electron chi connectivity index (χ3n) is 3.97. The Balaban J connectivity index is 1.71. The van der Waals surface area contributed by atoms with Crippen LogP contribution in [0.1, 0.15) is 25.3 Å². The predicted molar refractivity (Wildman–Crippen MR) is 90.9 cm³/mol. The van der Waals surface area contributed by atoms with E-state index in [2.05, 4.69) is 11.9 Å². The molecule has 2 aromatic rings. The smallest absolute Gasteiger partial charge is 0.267 e. The largest absolute Gasteiger partial charge is 0.485 e. The fourth-order valence-electron chi connectivity index (χ4n) is 2.67. The molecule has 0 bridgehead atoms. The summed E-state index contributed by atoms with van der Waals surface area (Å²) in [4.78, 5) is 18.9. The molecule has 1 aliphatic rings.